The number of hydrogen-bond donors (Lipinski definition) is 2. The summed E-state index contributed by atoms with van der Waals surface area (Å²) in [6, 6.07) is 4.75. The summed E-state index contributed by atoms with van der Waals surface area (Å²) in [6.07, 6.45) is 5.36. The summed E-state index contributed by atoms with van der Waals surface area (Å²) in [4.78, 5) is 36.5. The molecule has 0 spiro atoms. The Bertz CT molecular complexity index is 1560. The molecule has 15 heteroatoms. The van der Waals surface area contributed by atoms with E-state index in [1.165, 1.54) is 12.4 Å². The van der Waals surface area contributed by atoms with E-state index in [-0.39, 0.29) is 30.5 Å². The minimum Gasteiger partial charge on any atom is -0.477 e. The Kier molecular flexibility index (Phi) is 8.83. The number of pyridine rings is 1. The fraction of sp³-hybridized carbons (Fsp3) is 0.500. The van der Waals surface area contributed by atoms with E-state index in [4.69, 9.17) is 10.5 Å². The molecular weight excluding hydrogens is 582 g/mol. The number of alkyl halides is 2. The Balaban J connectivity index is 1.49. The zero-order valence-electron chi connectivity index (χ0n) is 23.9. The van der Waals surface area contributed by atoms with Crippen molar-refractivity contribution in [2.24, 2.45) is 5.73 Å². The topological polar surface area (TPSA) is 166 Å². The molecule has 3 N–H and O–H groups in total. The highest BCUT2D eigenvalue weighted by Gasteiger charge is 2.49. The second-order valence-electron chi connectivity index (χ2n) is 11.0. The minimum atomic E-state index is -3.64. The number of aromatic nitrogens is 5. The van der Waals surface area contributed by atoms with Crippen LogP contribution in [0.25, 0.3) is 11.3 Å². The molecule has 3 aromatic heterocycles. The van der Waals surface area contributed by atoms with Gasteiger partial charge in [-0.25, -0.2) is 32.2 Å². The summed E-state index contributed by atoms with van der Waals surface area (Å²) < 4.78 is 59.8. The predicted molar refractivity (Wildman–Crippen MR) is 154 cm³/mol. The van der Waals surface area contributed by atoms with E-state index in [0.717, 1.165) is 0 Å². The normalized spacial score (nSPS) is 22.5. The number of primary amides is 1. The number of likely N-dealkylation sites (N-methyl/N-ethyl adjacent to an activating group) is 1. The lowest BCUT2D eigenvalue weighted by Crippen LogP contribution is -2.52. The van der Waals surface area contributed by atoms with Gasteiger partial charge in [-0.05, 0) is 64.3 Å². The maximum Gasteiger partial charge on any atom is 0.251 e. The van der Waals surface area contributed by atoms with Crippen LogP contribution < -0.4 is 15.2 Å². The lowest BCUT2D eigenvalue weighted by atomic mass is 9.64. The molecule has 0 aromatic carbocycles. The van der Waals surface area contributed by atoms with Crippen LogP contribution >= 0.6 is 0 Å². The zero-order chi connectivity index (χ0) is 30.8. The molecule has 0 saturated heterocycles. The van der Waals surface area contributed by atoms with Crippen LogP contribution in [-0.2, 0) is 20.2 Å². The van der Waals surface area contributed by atoms with Crippen LogP contribution in [0, 0.1) is 0 Å². The summed E-state index contributed by atoms with van der Waals surface area (Å²) in [5.41, 5.74) is 6.79. The van der Waals surface area contributed by atoms with Crippen molar-refractivity contribution in [3.63, 3.8) is 0 Å². The van der Waals surface area contributed by atoms with Crippen molar-refractivity contribution in [1.82, 2.24) is 29.8 Å². The number of anilines is 1. The minimum absolute atomic E-state index is 0.123. The number of nitrogens with one attached hydrogen (secondary N) is 1. The lowest BCUT2D eigenvalue weighted by Gasteiger charge is -2.45. The number of nitrogens with two attached hydrogens (primary N) is 1. The zero-order valence-corrected chi connectivity index (χ0v) is 24.7. The van der Waals surface area contributed by atoms with Crippen LogP contribution in [0.5, 0.6) is 5.88 Å². The monoisotopic (exact) mass is 616 g/mol. The van der Waals surface area contributed by atoms with Gasteiger partial charge in [0, 0.05) is 35.6 Å². The third-order valence-electron chi connectivity index (χ3n) is 8.07. The van der Waals surface area contributed by atoms with E-state index < -0.39 is 45.5 Å². The quantitative estimate of drug-likeness (QED) is 0.309. The molecule has 3 unspecified atom stereocenters. The summed E-state index contributed by atoms with van der Waals surface area (Å²) in [5.74, 6) is -0.903. The van der Waals surface area contributed by atoms with Crippen molar-refractivity contribution in [3.8, 4) is 17.1 Å². The average Bonchev–Trinajstić information content (AvgIpc) is 3.84. The molecular formula is C28H34F2N8O4S. The molecule has 0 bridgehead atoms. The third kappa shape index (κ3) is 6.72. The molecule has 3 aromatic rings. The van der Waals surface area contributed by atoms with Gasteiger partial charge >= 0.3 is 0 Å². The van der Waals surface area contributed by atoms with Crippen LogP contribution in [0.3, 0.4) is 0 Å². The van der Waals surface area contributed by atoms with E-state index in [1.807, 2.05) is 13.0 Å². The van der Waals surface area contributed by atoms with Crippen molar-refractivity contribution in [3.05, 3.63) is 54.4 Å². The highest BCUT2D eigenvalue weighted by molar-refractivity contribution is 7.93. The first-order valence-corrected chi connectivity index (χ1v) is 15.6. The summed E-state index contributed by atoms with van der Waals surface area (Å²) in [5, 5.41) is -0.489. The molecule has 2 fully saturated rings. The molecule has 2 aliphatic rings. The lowest BCUT2D eigenvalue weighted by molar-refractivity contribution is -0.125. The van der Waals surface area contributed by atoms with Crippen LogP contribution in [0.4, 0.5) is 14.7 Å². The van der Waals surface area contributed by atoms with E-state index in [9.17, 15) is 22.0 Å². The highest BCUT2D eigenvalue weighted by Crippen LogP contribution is 2.47. The summed E-state index contributed by atoms with van der Waals surface area (Å²) >= 11 is 0. The molecule has 5 rings (SSSR count). The molecule has 1 amide bonds. The van der Waals surface area contributed by atoms with Crippen molar-refractivity contribution in [2.45, 2.75) is 68.1 Å². The SMILES string of the molecule is CCOc1cncc(-c2ccc(C3CC(C(N)=O)(c4ccnc(NS(=O)(=O)C5CC5)n4)CCC3N(C)CC(F)F)nc2)n1. The Morgan fingerprint density at radius 3 is 2.60 bits per heavy atom. The van der Waals surface area contributed by atoms with Gasteiger partial charge < -0.3 is 10.5 Å². The van der Waals surface area contributed by atoms with E-state index >= 15 is 0 Å². The smallest absolute Gasteiger partial charge is 0.251 e. The van der Waals surface area contributed by atoms with Crippen LogP contribution in [-0.4, -0.2) is 82.1 Å². The Morgan fingerprint density at radius 2 is 1.95 bits per heavy atom. The van der Waals surface area contributed by atoms with Gasteiger partial charge in [0.25, 0.3) is 6.43 Å². The number of nitrogens with zero attached hydrogens (tertiary/aromatic N) is 6. The predicted octanol–water partition coefficient (Wildman–Crippen LogP) is 2.89. The summed E-state index contributed by atoms with van der Waals surface area (Å²) in [7, 11) is -2.02. The third-order valence-corrected chi connectivity index (χ3v) is 9.89. The number of carbonyl (C=O) groups excluding carboxylic acids is 1. The maximum atomic E-state index is 13.5. The van der Waals surface area contributed by atoms with Crippen LogP contribution in [0.15, 0.2) is 43.0 Å². The number of rotatable bonds is 12. The van der Waals surface area contributed by atoms with Crippen LogP contribution in [0.1, 0.15) is 56.3 Å². The average molecular weight is 617 g/mol. The molecule has 3 atom stereocenters. The van der Waals surface area contributed by atoms with Crippen molar-refractivity contribution < 1.29 is 26.7 Å². The van der Waals surface area contributed by atoms with Crippen molar-refractivity contribution >= 4 is 21.9 Å². The van der Waals surface area contributed by atoms with Gasteiger partial charge in [-0.1, -0.05) is 0 Å². The Labute approximate surface area is 248 Å². The highest BCUT2D eigenvalue weighted by atomic mass is 32.2. The molecule has 2 aliphatic carbocycles. The van der Waals surface area contributed by atoms with Gasteiger partial charge in [0.1, 0.15) is 0 Å². The van der Waals surface area contributed by atoms with E-state index in [2.05, 4.69) is 29.6 Å². The first-order valence-electron chi connectivity index (χ1n) is 14.1. The second-order valence-corrected chi connectivity index (χ2v) is 12.9. The summed E-state index contributed by atoms with van der Waals surface area (Å²) in [6.45, 7) is 1.83. The van der Waals surface area contributed by atoms with E-state index in [0.29, 0.717) is 48.7 Å². The fourth-order valence-electron chi connectivity index (χ4n) is 5.72. The molecule has 2 saturated carbocycles. The number of halogens is 2. The van der Waals surface area contributed by atoms with Crippen molar-refractivity contribution in [2.75, 3.05) is 24.9 Å². The molecule has 43 heavy (non-hydrogen) atoms. The fourth-order valence-corrected chi connectivity index (χ4v) is 6.99. The number of ether oxygens (including phenoxy) is 1. The standard InChI is InChI=1S/C28H34F2N8O4S/c1-3-42-25-15-32-14-21(35-25)17-4-7-20(34-13-17)19-12-28(26(31)39,10-8-22(19)38(2)16-24(29)30)23-9-11-33-27(36-23)37-43(40,41)18-5-6-18/h4,7,9,11,13-15,18-19,22,24H,3,5-6,8,10,12,16H2,1-2H3,(H2,31,39)(H,33,36,37). The molecule has 0 aliphatic heterocycles. The van der Waals surface area contributed by atoms with Gasteiger partial charge in [0.15, 0.2) is 0 Å². The van der Waals surface area contributed by atoms with Gasteiger partial charge in [0.2, 0.25) is 27.8 Å². The molecule has 12 nitrogen and oxygen atoms in total. The van der Waals surface area contributed by atoms with Gasteiger partial charge in [-0.15, -0.1) is 0 Å². The second kappa shape index (κ2) is 12.4. The van der Waals surface area contributed by atoms with Crippen LogP contribution in [0.2, 0.25) is 0 Å². The number of carbonyl (C=O) groups is 1. The largest absolute Gasteiger partial charge is 0.477 e. The molecule has 0 radical (unpaired) electrons. The molecule has 230 valence electrons. The van der Waals surface area contributed by atoms with Crippen molar-refractivity contribution in [1.29, 1.82) is 0 Å². The first kappa shape index (κ1) is 30.6. The first-order chi connectivity index (χ1) is 20.5. The Morgan fingerprint density at radius 1 is 1.16 bits per heavy atom. The maximum absolute atomic E-state index is 13.5. The van der Waals surface area contributed by atoms with Gasteiger partial charge in [-0.3, -0.25) is 24.4 Å². The Hall–Kier alpha value is -3.85. The number of amides is 1. The van der Waals surface area contributed by atoms with Gasteiger partial charge in [0.05, 0.1) is 47.6 Å². The van der Waals surface area contributed by atoms with Gasteiger partial charge in [-0.2, -0.15) is 0 Å². The van der Waals surface area contributed by atoms with E-state index in [1.54, 1.807) is 36.5 Å². The number of hydrogen-bond acceptors (Lipinski definition) is 10. The number of sulfonamides is 1. The molecule has 3 heterocycles.